The van der Waals surface area contributed by atoms with E-state index in [9.17, 15) is 0 Å². The van der Waals surface area contributed by atoms with Crippen LogP contribution in [0, 0.1) is 0 Å². The summed E-state index contributed by atoms with van der Waals surface area (Å²) in [5, 5.41) is 0.973. The van der Waals surface area contributed by atoms with E-state index in [0.29, 0.717) is 12.5 Å². The highest BCUT2D eigenvalue weighted by Crippen LogP contribution is 2.22. The van der Waals surface area contributed by atoms with E-state index in [1.807, 2.05) is 0 Å². The van der Waals surface area contributed by atoms with Gasteiger partial charge in [-0.15, -0.1) is 11.6 Å². The van der Waals surface area contributed by atoms with Crippen LogP contribution in [-0.4, -0.2) is 41.0 Å². The smallest absolute Gasteiger partial charge is 0.205 e. The Morgan fingerprint density at radius 2 is 2.53 bits per heavy atom. The molecule has 84 valence electrons. The van der Waals surface area contributed by atoms with Gasteiger partial charge in [0.1, 0.15) is 5.82 Å². The zero-order chi connectivity index (χ0) is 10.7. The van der Waals surface area contributed by atoms with Crippen molar-refractivity contribution in [3.05, 3.63) is 5.82 Å². The van der Waals surface area contributed by atoms with Gasteiger partial charge in [0.15, 0.2) is 0 Å². The predicted molar refractivity (Wildman–Crippen MR) is 62.0 cm³/mol. The number of ether oxygens (including phenoxy) is 1. The molecule has 0 aromatic carbocycles. The van der Waals surface area contributed by atoms with Crippen molar-refractivity contribution in [1.29, 1.82) is 0 Å². The minimum atomic E-state index is 0.234. The van der Waals surface area contributed by atoms with Crippen LogP contribution in [0.15, 0.2) is 0 Å². The minimum Gasteiger partial charge on any atom is -0.377 e. The van der Waals surface area contributed by atoms with Crippen molar-refractivity contribution in [2.75, 3.05) is 30.5 Å². The normalized spacial score (nSPS) is 22.0. The Balaban J connectivity index is 2.12. The SMILES string of the molecule is CCc1nsc(N2CCOCC2CCl)n1. The van der Waals surface area contributed by atoms with Crippen LogP contribution < -0.4 is 4.90 Å². The monoisotopic (exact) mass is 247 g/mol. The molecule has 0 N–H and O–H groups in total. The number of aromatic nitrogens is 2. The zero-order valence-electron chi connectivity index (χ0n) is 8.65. The topological polar surface area (TPSA) is 38.2 Å². The second kappa shape index (κ2) is 5.09. The molecule has 1 saturated heterocycles. The van der Waals surface area contributed by atoms with Gasteiger partial charge < -0.3 is 9.64 Å². The third kappa shape index (κ3) is 2.41. The maximum absolute atomic E-state index is 5.90. The van der Waals surface area contributed by atoms with E-state index in [-0.39, 0.29) is 6.04 Å². The van der Waals surface area contributed by atoms with Gasteiger partial charge in [-0.1, -0.05) is 6.92 Å². The Morgan fingerprint density at radius 1 is 1.67 bits per heavy atom. The number of rotatable bonds is 3. The molecule has 0 aliphatic carbocycles. The molecule has 0 saturated carbocycles. The van der Waals surface area contributed by atoms with Crippen LogP contribution in [0.5, 0.6) is 0 Å². The van der Waals surface area contributed by atoms with E-state index in [4.69, 9.17) is 16.3 Å². The number of halogens is 1. The first-order valence-electron chi connectivity index (χ1n) is 5.08. The van der Waals surface area contributed by atoms with Crippen LogP contribution >= 0.6 is 23.1 Å². The van der Waals surface area contributed by atoms with E-state index < -0.39 is 0 Å². The number of hydrogen-bond acceptors (Lipinski definition) is 5. The molecular formula is C9H14ClN3OS. The second-order valence-corrected chi connectivity index (χ2v) is 4.46. The van der Waals surface area contributed by atoms with Crippen molar-refractivity contribution in [3.63, 3.8) is 0 Å². The lowest BCUT2D eigenvalue weighted by molar-refractivity contribution is 0.0997. The van der Waals surface area contributed by atoms with E-state index in [1.165, 1.54) is 11.5 Å². The first-order chi connectivity index (χ1) is 7.35. The molecule has 15 heavy (non-hydrogen) atoms. The number of morpholine rings is 1. The van der Waals surface area contributed by atoms with Crippen LogP contribution in [0.25, 0.3) is 0 Å². The van der Waals surface area contributed by atoms with Gasteiger partial charge in [0, 0.05) is 30.4 Å². The van der Waals surface area contributed by atoms with Crippen LogP contribution in [0.2, 0.25) is 0 Å². The molecule has 2 heterocycles. The Morgan fingerprint density at radius 3 is 3.20 bits per heavy atom. The summed E-state index contributed by atoms with van der Waals surface area (Å²) in [4.78, 5) is 6.67. The Labute approximate surface area is 98.4 Å². The van der Waals surface area contributed by atoms with Crippen LogP contribution in [-0.2, 0) is 11.2 Å². The van der Waals surface area contributed by atoms with E-state index in [1.54, 1.807) is 0 Å². The molecule has 1 aromatic heterocycles. The van der Waals surface area contributed by atoms with E-state index in [2.05, 4.69) is 21.2 Å². The summed E-state index contributed by atoms with van der Waals surface area (Å²) in [6.45, 7) is 4.35. The van der Waals surface area contributed by atoms with Crippen LogP contribution in [0.3, 0.4) is 0 Å². The fraction of sp³-hybridized carbons (Fsp3) is 0.778. The zero-order valence-corrected chi connectivity index (χ0v) is 10.2. The maximum atomic E-state index is 5.90. The molecule has 1 atom stereocenters. The summed E-state index contributed by atoms with van der Waals surface area (Å²) in [6, 6.07) is 0.234. The average Bonchev–Trinajstić information content (AvgIpc) is 2.77. The molecule has 2 rings (SSSR count). The van der Waals surface area contributed by atoms with Gasteiger partial charge in [-0.05, 0) is 0 Å². The predicted octanol–water partition coefficient (Wildman–Crippen LogP) is 1.54. The summed E-state index contributed by atoms with van der Waals surface area (Å²) in [6.07, 6.45) is 0.881. The summed E-state index contributed by atoms with van der Waals surface area (Å²) in [5.74, 6) is 1.48. The Kier molecular flexibility index (Phi) is 3.77. The van der Waals surface area contributed by atoms with Gasteiger partial charge in [-0.2, -0.15) is 4.37 Å². The average molecular weight is 248 g/mol. The van der Waals surface area contributed by atoms with Gasteiger partial charge in [-0.25, -0.2) is 4.98 Å². The lowest BCUT2D eigenvalue weighted by Gasteiger charge is -2.33. The largest absolute Gasteiger partial charge is 0.377 e. The highest BCUT2D eigenvalue weighted by Gasteiger charge is 2.24. The van der Waals surface area contributed by atoms with Gasteiger partial charge in [0.25, 0.3) is 0 Å². The molecule has 1 aromatic rings. The molecule has 0 amide bonds. The quantitative estimate of drug-likeness (QED) is 0.760. The van der Waals surface area contributed by atoms with Crippen molar-refractivity contribution >= 4 is 28.3 Å². The third-order valence-corrected chi connectivity index (χ3v) is 3.57. The molecule has 0 spiro atoms. The summed E-state index contributed by atoms with van der Waals surface area (Å²) >= 11 is 7.35. The number of hydrogen-bond donors (Lipinski definition) is 0. The van der Waals surface area contributed by atoms with Crippen molar-refractivity contribution in [1.82, 2.24) is 9.36 Å². The highest BCUT2D eigenvalue weighted by molar-refractivity contribution is 7.09. The first kappa shape index (κ1) is 11.1. The standard InChI is InChI=1S/C9H14ClN3OS/c1-2-8-11-9(15-12-8)13-3-4-14-6-7(13)5-10/h7H,2-6H2,1H3. The van der Waals surface area contributed by atoms with Gasteiger partial charge >= 0.3 is 0 Å². The fourth-order valence-corrected chi connectivity index (χ4v) is 2.64. The number of nitrogens with zero attached hydrogens (tertiary/aromatic N) is 3. The first-order valence-corrected chi connectivity index (χ1v) is 6.39. The molecular weight excluding hydrogens is 234 g/mol. The van der Waals surface area contributed by atoms with Crippen molar-refractivity contribution < 1.29 is 4.74 Å². The summed E-state index contributed by atoms with van der Waals surface area (Å²) in [7, 11) is 0. The molecule has 6 heteroatoms. The third-order valence-electron chi connectivity index (χ3n) is 2.42. The van der Waals surface area contributed by atoms with Gasteiger partial charge in [0.05, 0.1) is 19.3 Å². The van der Waals surface area contributed by atoms with Gasteiger partial charge in [0.2, 0.25) is 5.13 Å². The Bertz CT molecular complexity index is 320. The molecule has 0 bridgehead atoms. The van der Waals surface area contributed by atoms with Crippen molar-refractivity contribution in [2.24, 2.45) is 0 Å². The molecule has 4 nitrogen and oxygen atoms in total. The molecule has 1 unspecified atom stereocenters. The Hall–Kier alpha value is -0.390. The highest BCUT2D eigenvalue weighted by atomic mass is 35.5. The van der Waals surface area contributed by atoms with Crippen LogP contribution in [0.1, 0.15) is 12.7 Å². The molecule has 0 radical (unpaired) electrons. The molecule has 1 fully saturated rings. The van der Waals surface area contributed by atoms with Gasteiger partial charge in [-0.3, -0.25) is 0 Å². The van der Waals surface area contributed by atoms with Crippen molar-refractivity contribution in [3.8, 4) is 0 Å². The maximum Gasteiger partial charge on any atom is 0.205 e. The summed E-state index contributed by atoms with van der Waals surface area (Å²) < 4.78 is 9.67. The lowest BCUT2D eigenvalue weighted by Crippen LogP contribution is -2.46. The number of anilines is 1. The van der Waals surface area contributed by atoms with Crippen LogP contribution in [0.4, 0.5) is 5.13 Å². The number of aryl methyl sites for hydroxylation is 1. The minimum absolute atomic E-state index is 0.234. The number of alkyl halides is 1. The lowest BCUT2D eigenvalue weighted by atomic mass is 10.3. The van der Waals surface area contributed by atoms with E-state index >= 15 is 0 Å². The molecule has 1 aliphatic heterocycles. The fourth-order valence-electron chi connectivity index (χ4n) is 1.54. The van der Waals surface area contributed by atoms with Crippen molar-refractivity contribution in [2.45, 2.75) is 19.4 Å². The molecule has 1 aliphatic rings. The van der Waals surface area contributed by atoms with E-state index in [0.717, 1.165) is 30.5 Å². The summed E-state index contributed by atoms with van der Waals surface area (Å²) in [5.41, 5.74) is 0. The second-order valence-electron chi connectivity index (χ2n) is 3.42.